The van der Waals surface area contributed by atoms with E-state index in [9.17, 15) is 4.79 Å². The van der Waals surface area contributed by atoms with Crippen LogP contribution < -0.4 is 10.6 Å². The Hall–Kier alpha value is -2.16. The fourth-order valence-electron chi connectivity index (χ4n) is 2.94. The van der Waals surface area contributed by atoms with Crippen molar-refractivity contribution < 1.29 is 9.53 Å². The maximum atomic E-state index is 12.2. The number of nitrogens with zero attached hydrogens (tertiary/aromatic N) is 2. The molecule has 8 heteroatoms. The smallest absolute Gasteiger partial charge is 0.234 e. The third-order valence-corrected chi connectivity index (χ3v) is 6.29. The summed E-state index contributed by atoms with van der Waals surface area (Å²) in [6, 6.07) is 14.0. The summed E-state index contributed by atoms with van der Waals surface area (Å²) in [6.07, 6.45) is 2.47. The molecule has 1 aromatic heterocycles. The molecule has 1 fully saturated rings. The first-order chi connectivity index (χ1) is 13.3. The predicted molar refractivity (Wildman–Crippen MR) is 111 cm³/mol. The highest BCUT2D eigenvalue weighted by Crippen LogP contribution is 2.26. The first-order valence-corrected chi connectivity index (χ1v) is 10.7. The van der Waals surface area contributed by atoms with Crippen LogP contribution in [0.15, 0.2) is 46.8 Å². The summed E-state index contributed by atoms with van der Waals surface area (Å²) >= 11 is 2.85. The van der Waals surface area contributed by atoms with Gasteiger partial charge in [-0.25, -0.2) is 0 Å². The first-order valence-electron chi connectivity index (χ1n) is 8.87. The number of fused-ring (bicyclic) bond motifs is 1. The second kappa shape index (κ2) is 8.69. The molecule has 4 rings (SSSR count). The minimum atomic E-state index is -0.0562. The SMILES string of the molecule is O=C(CSc1nnc(NCC2CCCO2)s1)Nc1ccc2ccccc2c1. The van der Waals surface area contributed by atoms with E-state index in [4.69, 9.17) is 4.74 Å². The summed E-state index contributed by atoms with van der Waals surface area (Å²) in [7, 11) is 0. The lowest BCUT2D eigenvalue weighted by molar-refractivity contribution is -0.113. The van der Waals surface area contributed by atoms with Gasteiger partial charge in [-0.1, -0.05) is 53.4 Å². The van der Waals surface area contributed by atoms with Crippen LogP contribution in [0.2, 0.25) is 0 Å². The number of ether oxygens (including phenoxy) is 1. The second-order valence-corrected chi connectivity index (χ2v) is 8.49. The monoisotopic (exact) mass is 400 g/mol. The zero-order valence-electron chi connectivity index (χ0n) is 14.7. The highest BCUT2D eigenvalue weighted by atomic mass is 32.2. The van der Waals surface area contributed by atoms with Gasteiger partial charge < -0.3 is 15.4 Å². The lowest BCUT2D eigenvalue weighted by atomic mass is 10.1. The van der Waals surface area contributed by atoms with Gasteiger partial charge in [-0.05, 0) is 35.7 Å². The molecule has 2 aromatic carbocycles. The molecular formula is C19H20N4O2S2. The molecule has 0 aliphatic carbocycles. The van der Waals surface area contributed by atoms with Gasteiger partial charge in [-0.2, -0.15) is 0 Å². The van der Waals surface area contributed by atoms with Crippen molar-refractivity contribution in [2.24, 2.45) is 0 Å². The standard InChI is InChI=1S/C19H20N4O2S2/c24-17(21-15-8-7-13-4-1-2-5-14(13)10-15)12-26-19-23-22-18(27-19)20-11-16-6-3-9-25-16/h1-2,4-5,7-8,10,16H,3,6,9,11-12H2,(H,20,22)(H,21,24). The maximum absolute atomic E-state index is 12.2. The highest BCUT2D eigenvalue weighted by molar-refractivity contribution is 8.01. The number of hydrogen-bond acceptors (Lipinski definition) is 7. The van der Waals surface area contributed by atoms with Crippen LogP contribution in [0.3, 0.4) is 0 Å². The molecule has 1 unspecified atom stereocenters. The van der Waals surface area contributed by atoms with Crippen molar-refractivity contribution in [3.8, 4) is 0 Å². The molecule has 2 heterocycles. The van der Waals surface area contributed by atoms with Crippen LogP contribution >= 0.6 is 23.1 Å². The van der Waals surface area contributed by atoms with Gasteiger partial charge in [0, 0.05) is 18.8 Å². The molecule has 0 spiro atoms. The number of benzene rings is 2. The van der Waals surface area contributed by atoms with Gasteiger partial charge >= 0.3 is 0 Å². The predicted octanol–water partition coefficient (Wildman–Crippen LogP) is 4.01. The van der Waals surface area contributed by atoms with Gasteiger partial charge in [-0.15, -0.1) is 10.2 Å². The zero-order chi connectivity index (χ0) is 18.5. The Morgan fingerprint density at radius 3 is 2.96 bits per heavy atom. The Morgan fingerprint density at radius 2 is 2.11 bits per heavy atom. The molecule has 2 N–H and O–H groups in total. The van der Waals surface area contributed by atoms with Gasteiger partial charge in [0.2, 0.25) is 11.0 Å². The van der Waals surface area contributed by atoms with Crippen LogP contribution in [0.4, 0.5) is 10.8 Å². The molecular weight excluding hydrogens is 380 g/mol. The van der Waals surface area contributed by atoms with Crippen molar-refractivity contribution in [3.63, 3.8) is 0 Å². The summed E-state index contributed by atoms with van der Waals surface area (Å²) in [5.41, 5.74) is 0.801. The van der Waals surface area contributed by atoms with E-state index in [1.165, 1.54) is 23.1 Å². The number of nitrogens with one attached hydrogen (secondary N) is 2. The number of carbonyl (C=O) groups excluding carboxylic acids is 1. The van der Waals surface area contributed by atoms with Crippen molar-refractivity contribution in [2.45, 2.75) is 23.3 Å². The molecule has 1 saturated heterocycles. The van der Waals surface area contributed by atoms with Crippen molar-refractivity contribution >= 4 is 50.6 Å². The Morgan fingerprint density at radius 1 is 1.22 bits per heavy atom. The van der Waals surface area contributed by atoms with Gasteiger partial charge in [0.25, 0.3) is 0 Å². The number of anilines is 2. The molecule has 6 nitrogen and oxygen atoms in total. The fraction of sp³-hybridized carbons (Fsp3) is 0.316. The van der Waals surface area contributed by atoms with E-state index in [2.05, 4.69) is 26.9 Å². The van der Waals surface area contributed by atoms with Crippen LogP contribution in [0.1, 0.15) is 12.8 Å². The summed E-state index contributed by atoms with van der Waals surface area (Å²) in [4.78, 5) is 12.2. The van der Waals surface area contributed by atoms with Crippen LogP contribution in [0.25, 0.3) is 10.8 Å². The Balaban J connectivity index is 1.26. The van der Waals surface area contributed by atoms with Crippen LogP contribution in [-0.2, 0) is 9.53 Å². The number of carbonyl (C=O) groups is 1. The Labute approximate surface area is 165 Å². The minimum Gasteiger partial charge on any atom is -0.376 e. The first kappa shape index (κ1) is 18.2. The van der Waals surface area contributed by atoms with Gasteiger partial charge in [-0.3, -0.25) is 4.79 Å². The molecule has 0 saturated carbocycles. The van der Waals surface area contributed by atoms with Crippen molar-refractivity contribution in [3.05, 3.63) is 42.5 Å². The number of amides is 1. The average Bonchev–Trinajstić information content (AvgIpc) is 3.36. The molecule has 27 heavy (non-hydrogen) atoms. The maximum Gasteiger partial charge on any atom is 0.234 e. The quantitative estimate of drug-likeness (QED) is 0.584. The van der Waals surface area contributed by atoms with Crippen LogP contribution in [0, 0.1) is 0 Å². The second-order valence-electron chi connectivity index (χ2n) is 6.29. The van der Waals surface area contributed by atoms with Crippen molar-refractivity contribution in [1.82, 2.24) is 10.2 Å². The minimum absolute atomic E-state index is 0.0562. The van der Waals surface area contributed by atoms with Gasteiger partial charge in [0.1, 0.15) is 0 Å². The van der Waals surface area contributed by atoms with E-state index in [0.717, 1.165) is 51.9 Å². The fourth-order valence-corrected chi connectivity index (χ4v) is 4.50. The van der Waals surface area contributed by atoms with Crippen molar-refractivity contribution in [2.75, 3.05) is 29.5 Å². The number of aromatic nitrogens is 2. The van der Waals surface area contributed by atoms with Gasteiger partial charge in [0.05, 0.1) is 11.9 Å². The number of hydrogen-bond donors (Lipinski definition) is 2. The van der Waals surface area contributed by atoms with E-state index in [1.807, 2.05) is 36.4 Å². The summed E-state index contributed by atoms with van der Waals surface area (Å²) in [6.45, 7) is 1.59. The molecule has 0 bridgehead atoms. The molecule has 1 amide bonds. The molecule has 3 aromatic rings. The molecule has 0 radical (unpaired) electrons. The van der Waals surface area contributed by atoms with Crippen molar-refractivity contribution in [1.29, 1.82) is 0 Å². The van der Waals surface area contributed by atoms with E-state index in [-0.39, 0.29) is 12.0 Å². The highest BCUT2D eigenvalue weighted by Gasteiger charge is 2.16. The third-order valence-electron chi connectivity index (χ3n) is 4.27. The van der Waals surface area contributed by atoms with E-state index < -0.39 is 0 Å². The molecule has 1 atom stereocenters. The molecule has 1 aliphatic rings. The normalized spacial score (nSPS) is 16.5. The summed E-state index contributed by atoms with van der Waals surface area (Å²) in [5.74, 6) is 0.243. The Bertz CT molecular complexity index is 925. The molecule has 140 valence electrons. The summed E-state index contributed by atoms with van der Waals surface area (Å²) < 4.78 is 6.36. The summed E-state index contributed by atoms with van der Waals surface area (Å²) in [5, 5.41) is 17.5. The molecule has 1 aliphatic heterocycles. The lowest BCUT2D eigenvalue weighted by Gasteiger charge is -2.08. The largest absolute Gasteiger partial charge is 0.376 e. The van der Waals surface area contributed by atoms with Crippen LogP contribution in [-0.4, -0.2) is 41.1 Å². The Kier molecular flexibility index (Phi) is 5.86. The average molecular weight is 401 g/mol. The van der Waals surface area contributed by atoms with E-state index >= 15 is 0 Å². The van der Waals surface area contributed by atoms with Gasteiger partial charge in [0.15, 0.2) is 4.34 Å². The number of thioether (sulfide) groups is 1. The number of rotatable bonds is 7. The van der Waals surface area contributed by atoms with E-state index in [0.29, 0.717) is 5.75 Å². The van der Waals surface area contributed by atoms with Crippen LogP contribution in [0.5, 0.6) is 0 Å². The lowest BCUT2D eigenvalue weighted by Crippen LogP contribution is -2.18. The van der Waals surface area contributed by atoms with E-state index in [1.54, 1.807) is 0 Å². The third kappa shape index (κ3) is 4.97. The zero-order valence-corrected chi connectivity index (χ0v) is 16.3. The topological polar surface area (TPSA) is 76.1 Å².